The third kappa shape index (κ3) is 3.87. The predicted octanol–water partition coefficient (Wildman–Crippen LogP) is 4.90. The van der Waals surface area contributed by atoms with Crippen molar-refractivity contribution in [3.8, 4) is 0 Å². The fourth-order valence-corrected chi connectivity index (χ4v) is 4.10. The molecule has 3 rings (SSSR count). The fourth-order valence-electron chi connectivity index (χ4n) is 4.10. The first-order chi connectivity index (χ1) is 13.0. The number of benzene rings is 1. The smallest absolute Gasteiger partial charge is 0.162 e. The molecular weight excluding hydrogens is 334 g/mol. The van der Waals surface area contributed by atoms with E-state index in [1.54, 1.807) is 0 Å². The number of rotatable bonds is 6. The van der Waals surface area contributed by atoms with Crippen molar-refractivity contribution in [2.45, 2.75) is 54.4 Å². The van der Waals surface area contributed by atoms with Gasteiger partial charge in [0.05, 0.1) is 0 Å². The molecule has 2 heterocycles. The molecule has 146 valence electrons. The van der Waals surface area contributed by atoms with Crippen LogP contribution in [0.3, 0.4) is 0 Å². The zero-order valence-corrected chi connectivity index (χ0v) is 17.7. The SMILES string of the molecule is CCCCN(CC)c1nc(C)nc2c1NCCN2c1c(C)cc(C)cc1C. The first-order valence-corrected chi connectivity index (χ1v) is 10.2. The van der Waals surface area contributed by atoms with E-state index >= 15 is 0 Å². The van der Waals surface area contributed by atoms with Gasteiger partial charge in [0.2, 0.25) is 0 Å². The summed E-state index contributed by atoms with van der Waals surface area (Å²) in [6, 6.07) is 4.52. The predicted molar refractivity (Wildman–Crippen MR) is 116 cm³/mol. The Hall–Kier alpha value is -2.30. The first-order valence-electron chi connectivity index (χ1n) is 10.2. The largest absolute Gasteiger partial charge is 0.377 e. The monoisotopic (exact) mass is 367 g/mol. The fraction of sp³-hybridized carbons (Fsp3) is 0.545. The highest BCUT2D eigenvalue weighted by Crippen LogP contribution is 2.41. The Labute approximate surface area is 163 Å². The molecule has 0 saturated heterocycles. The van der Waals surface area contributed by atoms with Crippen LogP contribution in [0, 0.1) is 27.7 Å². The molecule has 5 heteroatoms. The van der Waals surface area contributed by atoms with Gasteiger partial charge in [-0.2, -0.15) is 0 Å². The molecule has 1 aliphatic rings. The molecule has 27 heavy (non-hydrogen) atoms. The van der Waals surface area contributed by atoms with Crippen LogP contribution in [0.5, 0.6) is 0 Å². The highest BCUT2D eigenvalue weighted by Gasteiger charge is 2.27. The maximum absolute atomic E-state index is 4.86. The summed E-state index contributed by atoms with van der Waals surface area (Å²) >= 11 is 0. The molecule has 0 aliphatic carbocycles. The molecule has 1 N–H and O–H groups in total. The van der Waals surface area contributed by atoms with E-state index in [4.69, 9.17) is 9.97 Å². The van der Waals surface area contributed by atoms with Gasteiger partial charge < -0.3 is 15.1 Å². The second-order valence-corrected chi connectivity index (χ2v) is 7.55. The van der Waals surface area contributed by atoms with Gasteiger partial charge in [-0.1, -0.05) is 31.0 Å². The highest BCUT2D eigenvalue weighted by atomic mass is 15.3. The van der Waals surface area contributed by atoms with E-state index in [0.29, 0.717) is 0 Å². The van der Waals surface area contributed by atoms with E-state index in [-0.39, 0.29) is 0 Å². The second-order valence-electron chi connectivity index (χ2n) is 7.55. The van der Waals surface area contributed by atoms with Gasteiger partial charge in [-0.3, -0.25) is 0 Å². The van der Waals surface area contributed by atoms with Gasteiger partial charge >= 0.3 is 0 Å². The lowest BCUT2D eigenvalue weighted by Crippen LogP contribution is -2.35. The molecule has 0 saturated carbocycles. The Morgan fingerprint density at radius 3 is 2.41 bits per heavy atom. The van der Waals surface area contributed by atoms with Crippen LogP contribution >= 0.6 is 0 Å². The van der Waals surface area contributed by atoms with Crippen molar-refractivity contribution in [2.75, 3.05) is 41.3 Å². The van der Waals surface area contributed by atoms with E-state index in [9.17, 15) is 0 Å². The third-order valence-electron chi connectivity index (χ3n) is 5.24. The van der Waals surface area contributed by atoms with Crippen LogP contribution in [-0.2, 0) is 0 Å². The Balaban J connectivity index is 2.11. The van der Waals surface area contributed by atoms with E-state index in [1.807, 2.05) is 6.92 Å². The van der Waals surface area contributed by atoms with Crippen LogP contribution < -0.4 is 15.1 Å². The molecule has 0 spiro atoms. The minimum atomic E-state index is 0.829. The minimum absolute atomic E-state index is 0.829. The van der Waals surface area contributed by atoms with Crippen molar-refractivity contribution in [1.29, 1.82) is 0 Å². The molecule has 1 aromatic carbocycles. The minimum Gasteiger partial charge on any atom is -0.377 e. The zero-order chi connectivity index (χ0) is 19.6. The number of nitrogens with zero attached hydrogens (tertiary/aromatic N) is 4. The van der Waals surface area contributed by atoms with Crippen LogP contribution in [0.1, 0.15) is 49.2 Å². The molecular formula is C22H33N5. The average molecular weight is 368 g/mol. The standard InChI is InChI=1S/C22H33N5/c1-7-9-11-26(8-2)21-19-22(25-18(6)24-21)27(12-10-23-19)20-16(4)13-15(3)14-17(20)5/h13-14,23H,7-12H2,1-6H3. The van der Waals surface area contributed by atoms with E-state index in [1.165, 1.54) is 35.2 Å². The number of hydrogen-bond acceptors (Lipinski definition) is 5. The molecule has 0 unspecified atom stereocenters. The molecule has 1 aromatic heterocycles. The molecule has 0 fully saturated rings. The molecule has 0 radical (unpaired) electrons. The Bertz CT molecular complexity index is 792. The summed E-state index contributed by atoms with van der Waals surface area (Å²) in [7, 11) is 0. The van der Waals surface area contributed by atoms with Gasteiger partial charge in [-0.25, -0.2) is 9.97 Å². The van der Waals surface area contributed by atoms with E-state index in [2.05, 4.69) is 61.9 Å². The lowest BCUT2D eigenvalue weighted by atomic mass is 10.0. The summed E-state index contributed by atoms with van der Waals surface area (Å²) in [6.07, 6.45) is 2.36. The lowest BCUT2D eigenvalue weighted by Gasteiger charge is -2.36. The van der Waals surface area contributed by atoms with Crippen molar-refractivity contribution in [1.82, 2.24) is 9.97 Å². The molecule has 0 atom stereocenters. The molecule has 0 amide bonds. The van der Waals surface area contributed by atoms with Crippen LogP contribution in [-0.4, -0.2) is 36.1 Å². The Morgan fingerprint density at radius 1 is 1.07 bits per heavy atom. The number of fused-ring (bicyclic) bond motifs is 1. The van der Waals surface area contributed by atoms with Crippen molar-refractivity contribution in [3.05, 3.63) is 34.6 Å². The number of aromatic nitrogens is 2. The van der Waals surface area contributed by atoms with E-state index in [0.717, 1.165) is 49.3 Å². The highest BCUT2D eigenvalue weighted by molar-refractivity contribution is 5.85. The Kier molecular flexibility index (Phi) is 5.88. The summed E-state index contributed by atoms with van der Waals surface area (Å²) in [5.74, 6) is 2.88. The van der Waals surface area contributed by atoms with Crippen LogP contribution in [0.2, 0.25) is 0 Å². The van der Waals surface area contributed by atoms with Crippen LogP contribution in [0.4, 0.5) is 23.0 Å². The average Bonchev–Trinajstić information content (AvgIpc) is 2.61. The van der Waals surface area contributed by atoms with Crippen molar-refractivity contribution >= 4 is 23.0 Å². The van der Waals surface area contributed by atoms with Gasteiger partial charge in [0.15, 0.2) is 11.6 Å². The van der Waals surface area contributed by atoms with Crippen molar-refractivity contribution in [3.63, 3.8) is 0 Å². The van der Waals surface area contributed by atoms with Gasteiger partial charge in [0.25, 0.3) is 0 Å². The summed E-state index contributed by atoms with van der Waals surface area (Å²) in [5.41, 5.74) is 6.27. The number of nitrogens with one attached hydrogen (secondary N) is 1. The number of unbranched alkanes of at least 4 members (excludes halogenated alkanes) is 1. The van der Waals surface area contributed by atoms with Gasteiger partial charge in [0.1, 0.15) is 11.5 Å². The maximum atomic E-state index is 4.86. The second kappa shape index (κ2) is 8.15. The van der Waals surface area contributed by atoms with Crippen molar-refractivity contribution in [2.24, 2.45) is 0 Å². The van der Waals surface area contributed by atoms with Crippen LogP contribution in [0.25, 0.3) is 0 Å². The molecule has 0 bridgehead atoms. The van der Waals surface area contributed by atoms with Gasteiger partial charge in [-0.05, 0) is 52.2 Å². The van der Waals surface area contributed by atoms with E-state index < -0.39 is 0 Å². The normalized spacial score (nSPS) is 13.3. The molecule has 2 aromatic rings. The zero-order valence-electron chi connectivity index (χ0n) is 17.7. The maximum Gasteiger partial charge on any atom is 0.162 e. The van der Waals surface area contributed by atoms with Gasteiger partial charge in [0, 0.05) is 31.9 Å². The lowest BCUT2D eigenvalue weighted by molar-refractivity contribution is 0.719. The van der Waals surface area contributed by atoms with Crippen LogP contribution in [0.15, 0.2) is 12.1 Å². The van der Waals surface area contributed by atoms with Gasteiger partial charge in [-0.15, -0.1) is 0 Å². The third-order valence-corrected chi connectivity index (χ3v) is 5.24. The van der Waals surface area contributed by atoms with Crippen molar-refractivity contribution < 1.29 is 0 Å². The number of anilines is 4. The summed E-state index contributed by atoms with van der Waals surface area (Å²) in [6.45, 7) is 16.8. The topological polar surface area (TPSA) is 44.3 Å². The summed E-state index contributed by atoms with van der Waals surface area (Å²) < 4.78 is 0. The molecule has 5 nitrogen and oxygen atoms in total. The quantitative estimate of drug-likeness (QED) is 0.787. The Morgan fingerprint density at radius 2 is 1.78 bits per heavy atom. The molecule has 1 aliphatic heterocycles. The number of aryl methyl sites for hydroxylation is 4. The summed E-state index contributed by atoms with van der Waals surface area (Å²) in [4.78, 5) is 14.4. The first kappa shape index (κ1) is 19.5. The summed E-state index contributed by atoms with van der Waals surface area (Å²) in [5, 5.41) is 3.59. The number of hydrogen-bond donors (Lipinski definition) is 1.